The zero-order chi connectivity index (χ0) is 22.2. The molecule has 0 bridgehead atoms. The second kappa shape index (κ2) is 8.48. The summed E-state index contributed by atoms with van der Waals surface area (Å²) in [7, 11) is 0. The molecule has 4 aromatic rings. The monoisotopic (exact) mass is 503 g/mol. The number of benzene rings is 1. The summed E-state index contributed by atoms with van der Waals surface area (Å²) in [6.07, 6.45) is 5.51. The van der Waals surface area contributed by atoms with Crippen LogP contribution >= 0.6 is 28.1 Å². The first-order valence-electron chi connectivity index (χ1n) is 10.4. The molecular weight excluding hydrogens is 482 g/mol. The lowest BCUT2D eigenvalue weighted by Gasteiger charge is -2.29. The van der Waals surface area contributed by atoms with Crippen molar-refractivity contribution in [3.05, 3.63) is 106 Å². The van der Waals surface area contributed by atoms with Gasteiger partial charge in [-0.3, -0.25) is 9.97 Å². The molecule has 7 heteroatoms. The summed E-state index contributed by atoms with van der Waals surface area (Å²) in [5, 5.41) is 4.23. The quantitative estimate of drug-likeness (QED) is 0.355. The van der Waals surface area contributed by atoms with Gasteiger partial charge < -0.3 is 14.8 Å². The van der Waals surface area contributed by atoms with E-state index < -0.39 is 0 Å². The zero-order valence-corrected chi connectivity index (χ0v) is 20.1. The van der Waals surface area contributed by atoms with Gasteiger partial charge >= 0.3 is 0 Å². The molecule has 1 N–H and O–H groups in total. The molecule has 160 valence electrons. The average Bonchev–Trinajstić information content (AvgIpc) is 3.36. The van der Waals surface area contributed by atoms with E-state index in [1.165, 1.54) is 0 Å². The average molecular weight is 504 g/mol. The Hall–Kier alpha value is -3.03. The highest BCUT2D eigenvalue weighted by Gasteiger charge is 2.42. The van der Waals surface area contributed by atoms with Crippen molar-refractivity contribution in [3.8, 4) is 5.69 Å². The van der Waals surface area contributed by atoms with Gasteiger partial charge in [0, 0.05) is 33.9 Å². The van der Waals surface area contributed by atoms with Crippen LogP contribution < -0.4 is 10.2 Å². The summed E-state index contributed by atoms with van der Waals surface area (Å²) in [4.78, 5) is 11.2. The van der Waals surface area contributed by atoms with Gasteiger partial charge in [0.25, 0.3) is 0 Å². The van der Waals surface area contributed by atoms with E-state index in [9.17, 15) is 0 Å². The summed E-state index contributed by atoms with van der Waals surface area (Å²) in [5.41, 5.74) is 6.44. The highest BCUT2D eigenvalue weighted by atomic mass is 79.9. The van der Waals surface area contributed by atoms with Gasteiger partial charge in [-0.05, 0) is 86.2 Å². The van der Waals surface area contributed by atoms with Gasteiger partial charge in [0.1, 0.15) is 6.04 Å². The molecular formula is C25H22BrN5S. The number of thiocarbonyl (C=S) groups is 1. The van der Waals surface area contributed by atoms with Crippen LogP contribution in [0.5, 0.6) is 0 Å². The summed E-state index contributed by atoms with van der Waals surface area (Å²) in [6, 6.07) is 20.5. The zero-order valence-electron chi connectivity index (χ0n) is 17.7. The van der Waals surface area contributed by atoms with Gasteiger partial charge in [-0.1, -0.05) is 22.0 Å². The molecule has 1 saturated heterocycles. The molecule has 5 rings (SSSR count). The van der Waals surface area contributed by atoms with Crippen molar-refractivity contribution in [2.75, 3.05) is 4.90 Å². The van der Waals surface area contributed by atoms with Crippen LogP contribution in [-0.4, -0.2) is 19.6 Å². The summed E-state index contributed by atoms with van der Waals surface area (Å²) in [5.74, 6) is 0. The second-order valence-electron chi connectivity index (χ2n) is 7.88. The second-order valence-corrected chi connectivity index (χ2v) is 9.12. The maximum atomic E-state index is 5.87. The SMILES string of the molecule is Cc1cc(N2C(=S)N[C@H](c3ccccn3)[C@H]2c2ccc(C)n2-c2cccnc2)ccc1Br. The van der Waals surface area contributed by atoms with E-state index >= 15 is 0 Å². The van der Waals surface area contributed by atoms with E-state index in [0.717, 1.165) is 38.5 Å². The number of anilines is 1. The number of pyridine rings is 2. The fraction of sp³-hybridized carbons (Fsp3) is 0.160. The molecule has 32 heavy (non-hydrogen) atoms. The summed E-state index contributed by atoms with van der Waals surface area (Å²) < 4.78 is 3.33. The van der Waals surface area contributed by atoms with E-state index in [2.05, 4.69) is 90.9 Å². The van der Waals surface area contributed by atoms with E-state index in [4.69, 9.17) is 12.2 Å². The largest absolute Gasteiger partial charge is 0.351 e. The number of nitrogens with one attached hydrogen (secondary N) is 1. The Morgan fingerprint density at radius 3 is 2.56 bits per heavy atom. The van der Waals surface area contributed by atoms with Gasteiger partial charge in [-0.25, -0.2) is 0 Å². The molecule has 1 aromatic carbocycles. The van der Waals surface area contributed by atoms with Crippen LogP contribution in [0.4, 0.5) is 5.69 Å². The third-order valence-electron chi connectivity index (χ3n) is 5.83. The standard InChI is InChI=1S/C25H22BrN5S/c1-16-14-18(9-10-20(16)26)31-24(23(29-25(31)32)21-7-3-4-13-28-21)22-11-8-17(2)30(22)19-6-5-12-27-15-19/h3-15,23-24H,1-2H3,(H,29,32)/t23-,24-/m1/s1. The van der Waals surface area contributed by atoms with Crippen molar-refractivity contribution in [3.63, 3.8) is 0 Å². The fourth-order valence-corrected chi connectivity index (χ4v) is 4.93. The topological polar surface area (TPSA) is 46.0 Å². The van der Waals surface area contributed by atoms with Crippen LogP contribution in [0.3, 0.4) is 0 Å². The highest BCUT2D eigenvalue weighted by molar-refractivity contribution is 9.10. The number of aryl methyl sites for hydroxylation is 2. The van der Waals surface area contributed by atoms with Crippen molar-refractivity contribution in [2.24, 2.45) is 0 Å². The van der Waals surface area contributed by atoms with E-state index in [0.29, 0.717) is 5.11 Å². The number of nitrogens with zero attached hydrogens (tertiary/aromatic N) is 4. The molecule has 0 radical (unpaired) electrons. The molecule has 0 spiro atoms. The lowest BCUT2D eigenvalue weighted by Crippen LogP contribution is -2.30. The lowest BCUT2D eigenvalue weighted by atomic mass is 10.0. The number of hydrogen-bond acceptors (Lipinski definition) is 3. The molecule has 4 heterocycles. The Kier molecular flexibility index (Phi) is 5.53. The first kappa shape index (κ1) is 20.8. The van der Waals surface area contributed by atoms with Crippen LogP contribution in [0.15, 0.2) is 83.7 Å². The van der Waals surface area contributed by atoms with Crippen LogP contribution in [0, 0.1) is 13.8 Å². The van der Waals surface area contributed by atoms with Crippen LogP contribution in [0.25, 0.3) is 5.69 Å². The maximum absolute atomic E-state index is 5.87. The Morgan fingerprint density at radius 1 is 0.969 bits per heavy atom. The number of halogens is 1. The van der Waals surface area contributed by atoms with Crippen molar-refractivity contribution in [2.45, 2.75) is 25.9 Å². The van der Waals surface area contributed by atoms with E-state index in [-0.39, 0.29) is 12.1 Å². The first-order valence-corrected chi connectivity index (χ1v) is 11.6. The van der Waals surface area contributed by atoms with Gasteiger partial charge in [0.05, 0.1) is 23.6 Å². The van der Waals surface area contributed by atoms with Gasteiger partial charge in [-0.15, -0.1) is 0 Å². The molecule has 3 aromatic heterocycles. The van der Waals surface area contributed by atoms with Crippen molar-refractivity contribution in [1.29, 1.82) is 0 Å². The molecule has 5 nitrogen and oxygen atoms in total. The third-order valence-corrected chi connectivity index (χ3v) is 7.04. The predicted octanol–water partition coefficient (Wildman–Crippen LogP) is 5.82. The van der Waals surface area contributed by atoms with Crippen LogP contribution in [0.1, 0.15) is 34.7 Å². The summed E-state index contributed by atoms with van der Waals surface area (Å²) in [6.45, 7) is 4.20. The highest BCUT2D eigenvalue weighted by Crippen LogP contribution is 2.43. The third kappa shape index (κ3) is 3.61. The normalized spacial score (nSPS) is 18.1. The predicted molar refractivity (Wildman–Crippen MR) is 135 cm³/mol. The lowest BCUT2D eigenvalue weighted by molar-refractivity contribution is 0.548. The van der Waals surface area contributed by atoms with Crippen molar-refractivity contribution in [1.82, 2.24) is 19.9 Å². The van der Waals surface area contributed by atoms with Gasteiger partial charge in [-0.2, -0.15) is 0 Å². The Balaban J connectivity index is 1.71. The van der Waals surface area contributed by atoms with Gasteiger partial charge in [0.15, 0.2) is 5.11 Å². The molecule has 1 aliphatic heterocycles. The Bertz CT molecular complexity index is 1270. The number of rotatable bonds is 4. The number of aromatic nitrogens is 3. The fourth-order valence-electron chi connectivity index (χ4n) is 4.34. The molecule has 2 atom stereocenters. The van der Waals surface area contributed by atoms with E-state index in [1.54, 1.807) is 6.20 Å². The minimum Gasteiger partial charge on any atom is -0.351 e. The van der Waals surface area contributed by atoms with Crippen LogP contribution in [-0.2, 0) is 0 Å². The van der Waals surface area contributed by atoms with Crippen molar-refractivity contribution >= 4 is 38.9 Å². The van der Waals surface area contributed by atoms with Crippen molar-refractivity contribution < 1.29 is 0 Å². The summed E-state index contributed by atoms with van der Waals surface area (Å²) >= 11 is 9.49. The minimum atomic E-state index is -0.0997. The molecule has 1 fully saturated rings. The molecule has 0 amide bonds. The molecule has 0 unspecified atom stereocenters. The smallest absolute Gasteiger partial charge is 0.174 e. The molecule has 1 aliphatic rings. The van der Waals surface area contributed by atoms with Crippen LogP contribution in [0.2, 0.25) is 0 Å². The Morgan fingerprint density at radius 2 is 1.84 bits per heavy atom. The van der Waals surface area contributed by atoms with Gasteiger partial charge in [0.2, 0.25) is 0 Å². The molecule has 0 saturated carbocycles. The minimum absolute atomic E-state index is 0.0909. The Labute approximate surface area is 201 Å². The number of hydrogen-bond donors (Lipinski definition) is 1. The first-order chi connectivity index (χ1) is 15.5. The maximum Gasteiger partial charge on any atom is 0.174 e. The molecule has 0 aliphatic carbocycles. The van der Waals surface area contributed by atoms with E-state index in [1.807, 2.05) is 36.7 Å².